The molecule has 0 bridgehead atoms. The van der Waals surface area contributed by atoms with Crippen LogP contribution in [-0.4, -0.2) is 186 Å². The minimum atomic E-state index is -1.70. The number of carboxylic acid groups (broad SMARTS) is 7. The first-order chi connectivity index (χ1) is 31.4. The van der Waals surface area contributed by atoms with E-state index in [9.17, 15) is 88.2 Å². The predicted molar refractivity (Wildman–Crippen MR) is 221 cm³/mol. The number of hydrogen-bond acceptors (Lipinski definition) is 15. The third kappa shape index (κ3) is 21.2. The van der Waals surface area contributed by atoms with Crippen LogP contribution in [0.3, 0.4) is 0 Å². The molecule has 0 unspecified atom stereocenters. The van der Waals surface area contributed by atoms with E-state index in [4.69, 9.17) is 5.11 Å². The van der Waals surface area contributed by atoms with Gasteiger partial charge in [0.25, 0.3) is 0 Å². The Bertz CT molecular complexity index is 2010. The molecule has 67 heavy (non-hydrogen) atoms. The Kier molecular flexibility index (Phi) is 22.7. The predicted octanol–water partition coefficient (Wildman–Crippen LogP) is -1.74. The van der Waals surface area contributed by atoms with Crippen LogP contribution >= 0.6 is 0 Å². The van der Waals surface area contributed by atoms with Gasteiger partial charge in [-0.3, -0.25) is 48.1 Å². The quantitative estimate of drug-likeness (QED) is 0.0352. The first-order valence-electron chi connectivity index (χ1n) is 20.4. The van der Waals surface area contributed by atoms with Crippen molar-refractivity contribution in [2.24, 2.45) is 5.92 Å². The molecule has 0 spiro atoms. The van der Waals surface area contributed by atoms with Crippen molar-refractivity contribution in [2.75, 3.05) is 32.7 Å². The molecule has 0 aliphatic carbocycles. The van der Waals surface area contributed by atoms with Gasteiger partial charge in [-0.05, 0) is 39.2 Å². The number of urea groups is 1. The lowest BCUT2D eigenvalue weighted by molar-refractivity contribution is -0.149. The van der Waals surface area contributed by atoms with E-state index in [1.165, 1.54) is 40.8 Å². The number of carboxylic acids is 7. The van der Waals surface area contributed by atoms with E-state index in [1.54, 1.807) is 4.90 Å². The molecule has 4 amide bonds. The zero-order valence-electron chi connectivity index (χ0n) is 36.2. The van der Waals surface area contributed by atoms with Crippen molar-refractivity contribution >= 4 is 71.2 Å². The number of hydrogen-bond donors (Lipinski definition) is 9. The molecule has 9 N–H and O–H groups in total. The standard InChI is InChI=1S/C39H53N9O19/c1-23(49)15-47(20-33(55)56)30(51)18-45-12-9-40-28(45)16-44(17-29-41-10-13-46(29)19-31(52)48(21-34(57)58)22-35(59)60)11-3-2-4-24(36(61)62)14-25(50)5-6-26(37(63)64)42-39(67)43-27(38(65)66)7-8-32(53)54/h9-10,12-13,24,26-27H,2-8,11,14-22H2,1H3,(H,53,54)(H,55,56)(H,57,58)(H,59,60)(H,61,62)(H,63,64)(H,65,66)(H2,42,43,67)/t24-,26+,27+/m1/s1. The fourth-order valence-corrected chi connectivity index (χ4v) is 6.46. The Balaban J connectivity index is 2.22. The van der Waals surface area contributed by atoms with Gasteiger partial charge in [-0.25, -0.2) is 24.4 Å². The van der Waals surface area contributed by atoms with Crippen LogP contribution in [0.25, 0.3) is 0 Å². The lowest BCUT2D eigenvalue weighted by Crippen LogP contribution is -2.51. The fourth-order valence-electron chi connectivity index (χ4n) is 6.46. The first kappa shape index (κ1) is 55.4. The van der Waals surface area contributed by atoms with Crippen molar-refractivity contribution in [3.8, 4) is 0 Å². The van der Waals surface area contributed by atoms with Crippen LogP contribution in [0.5, 0.6) is 0 Å². The molecule has 28 heteroatoms. The van der Waals surface area contributed by atoms with Crippen molar-refractivity contribution in [1.82, 2.24) is 44.4 Å². The molecule has 28 nitrogen and oxygen atoms in total. The van der Waals surface area contributed by atoms with E-state index in [2.05, 4.69) is 9.97 Å². The number of nitrogens with zero attached hydrogens (tertiary/aromatic N) is 7. The number of carbonyl (C=O) groups is 12. The van der Waals surface area contributed by atoms with Crippen molar-refractivity contribution < 1.29 is 93.3 Å². The average molecular weight is 952 g/mol. The molecule has 2 aromatic heterocycles. The lowest BCUT2D eigenvalue weighted by atomic mass is 9.94. The molecule has 0 aliphatic heterocycles. The number of carbonyl (C=O) groups excluding carboxylic acids is 5. The van der Waals surface area contributed by atoms with Gasteiger partial charge in [0.1, 0.15) is 68.0 Å². The maximum Gasteiger partial charge on any atom is 0.326 e. The molecular weight excluding hydrogens is 898 g/mol. The van der Waals surface area contributed by atoms with Gasteiger partial charge in [-0.2, -0.15) is 0 Å². The van der Waals surface area contributed by atoms with E-state index >= 15 is 0 Å². The minimum absolute atomic E-state index is 0.0339. The molecule has 2 heterocycles. The van der Waals surface area contributed by atoms with E-state index in [0.717, 1.165) is 4.90 Å². The van der Waals surface area contributed by atoms with Crippen molar-refractivity contribution in [1.29, 1.82) is 0 Å². The zero-order valence-corrected chi connectivity index (χ0v) is 36.2. The zero-order chi connectivity index (χ0) is 50.4. The van der Waals surface area contributed by atoms with Crippen LogP contribution < -0.4 is 10.6 Å². The van der Waals surface area contributed by atoms with Gasteiger partial charge in [0.2, 0.25) is 11.8 Å². The summed E-state index contributed by atoms with van der Waals surface area (Å²) in [6, 6.07) is -4.62. The molecule has 0 radical (unpaired) electrons. The summed E-state index contributed by atoms with van der Waals surface area (Å²) in [4.78, 5) is 155. The van der Waals surface area contributed by atoms with E-state index in [0.29, 0.717) is 4.90 Å². The summed E-state index contributed by atoms with van der Waals surface area (Å²) in [7, 11) is 0. The summed E-state index contributed by atoms with van der Waals surface area (Å²) in [6.45, 7) is -2.65. The highest BCUT2D eigenvalue weighted by Gasteiger charge is 2.28. The van der Waals surface area contributed by atoms with Gasteiger partial charge in [0.15, 0.2) is 0 Å². The summed E-state index contributed by atoms with van der Waals surface area (Å²) < 4.78 is 2.76. The summed E-state index contributed by atoms with van der Waals surface area (Å²) in [5.74, 6) is -13.5. The van der Waals surface area contributed by atoms with E-state index in [1.807, 2.05) is 10.6 Å². The number of amides is 4. The molecular formula is C39H53N9O19. The molecule has 2 rings (SSSR count). The Labute approximate surface area is 380 Å². The van der Waals surface area contributed by atoms with Crippen molar-refractivity contribution in [2.45, 2.75) is 96.6 Å². The second-order valence-electron chi connectivity index (χ2n) is 15.2. The normalized spacial score (nSPS) is 12.3. The Morgan fingerprint density at radius 1 is 0.582 bits per heavy atom. The maximum absolute atomic E-state index is 13.1. The van der Waals surface area contributed by atoms with Gasteiger partial charge < -0.3 is 65.3 Å². The van der Waals surface area contributed by atoms with Gasteiger partial charge in [0, 0.05) is 44.0 Å². The van der Waals surface area contributed by atoms with Crippen LogP contribution in [0.2, 0.25) is 0 Å². The summed E-state index contributed by atoms with van der Waals surface area (Å²) in [5.41, 5.74) is 0. The summed E-state index contributed by atoms with van der Waals surface area (Å²) in [5, 5.41) is 69.2. The van der Waals surface area contributed by atoms with Gasteiger partial charge in [-0.1, -0.05) is 6.42 Å². The van der Waals surface area contributed by atoms with E-state index in [-0.39, 0.29) is 50.5 Å². The number of Topliss-reactive ketones (excluding diaryl/α,β-unsaturated/α-hetero) is 2. The smallest absolute Gasteiger partial charge is 0.326 e. The molecule has 368 valence electrons. The number of imidazole rings is 2. The van der Waals surface area contributed by atoms with Crippen LogP contribution in [0, 0.1) is 5.92 Å². The molecule has 0 saturated heterocycles. The third-order valence-corrected chi connectivity index (χ3v) is 9.71. The van der Waals surface area contributed by atoms with Gasteiger partial charge in [0.05, 0.1) is 25.6 Å². The van der Waals surface area contributed by atoms with Gasteiger partial charge >= 0.3 is 47.8 Å². The number of unbranched alkanes of at least 4 members (excludes halogenated alkanes) is 1. The second-order valence-corrected chi connectivity index (χ2v) is 15.2. The Morgan fingerprint density at radius 3 is 1.43 bits per heavy atom. The largest absolute Gasteiger partial charge is 0.481 e. The lowest BCUT2D eigenvalue weighted by Gasteiger charge is -2.24. The summed E-state index contributed by atoms with van der Waals surface area (Å²) in [6.07, 6.45) is 3.33. The van der Waals surface area contributed by atoms with Crippen LogP contribution in [0.4, 0.5) is 4.79 Å². The summed E-state index contributed by atoms with van der Waals surface area (Å²) >= 11 is 0. The SMILES string of the molecule is CC(=O)CN(CC(=O)O)C(=O)Cn1ccnc1CN(CCCC[C@H](CC(=O)CC[C@H](NC(=O)N[C@@H](CCC(=O)O)C(=O)O)C(=O)O)C(=O)O)Cc1nccn1CC(=O)N(CC(=O)O)CC(=O)O. The molecule has 0 aromatic carbocycles. The van der Waals surface area contributed by atoms with Crippen LogP contribution in [-0.2, 0) is 78.9 Å². The van der Waals surface area contributed by atoms with Crippen LogP contribution in [0.1, 0.15) is 69.9 Å². The highest BCUT2D eigenvalue weighted by atomic mass is 16.4. The molecule has 2 aromatic rings. The molecule has 0 aliphatic rings. The second kappa shape index (κ2) is 27.5. The van der Waals surface area contributed by atoms with E-state index < -0.39 is 161 Å². The highest BCUT2D eigenvalue weighted by molar-refractivity contribution is 5.89. The molecule has 3 atom stereocenters. The number of rotatable bonds is 34. The molecule has 0 saturated carbocycles. The monoisotopic (exact) mass is 951 g/mol. The first-order valence-corrected chi connectivity index (χ1v) is 20.4. The van der Waals surface area contributed by atoms with Gasteiger partial charge in [-0.15, -0.1) is 0 Å². The number of aliphatic carboxylic acids is 7. The van der Waals surface area contributed by atoms with Crippen molar-refractivity contribution in [3.63, 3.8) is 0 Å². The highest BCUT2D eigenvalue weighted by Crippen LogP contribution is 2.18. The van der Waals surface area contributed by atoms with Crippen LogP contribution in [0.15, 0.2) is 24.8 Å². The fraction of sp³-hybridized carbons (Fsp3) is 0.538. The Morgan fingerprint density at radius 2 is 1.03 bits per heavy atom. The number of nitrogens with one attached hydrogen (secondary N) is 2. The average Bonchev–Trinajstić information content (AvgIpc) is 3.85. The van der Waals surface area contributed by atoms with Crippen molar-refractivity contribution in [3.05, 3.63) is 36.4 Å². The number of aromatic nitrogens is 4. The Hall–Kier alpha value is -7.78. The third-order valence-electron chi connectivity index (χ3n) is 9.71. The number of ketones is 2. The molecule has 0 fully saturated rings. The minimum Gasteiger partial charge on any atom is -0.481 e. The maximum atomic E-state index is 13.1. The topological polar surface area (TPSA) is 416 Å².